The number of imidazole rings is 1. The molecule has 0 bridgehead atoms. The quantitative estimate of drug-likeness (QED) is 0.780. The van der Waals surface area contributed by atoms with E-state index in [2.05, 4.69) is 25.9 Å². The summed E-state index contributed by atoms with van der Waals surface area (Å²) >= 11 is 5.06. The molecule has 2 rings (SSSR count). The second-order valence-corrected chi connectivity index (χ2v) is 4.03. The number of rotatable bonds is 1. The van der Waals surface area contributed by atoms with Crippen molar-refractivity contribution in [2.24, 2.45) is 0 Å². The van der Waals surface area contributed by atoms with E-state index in [4.69, 9.17) is 0 Å². The molecule has 1 aromatic heterocycles. The van der Waals surface area contributed by atoms with Gasteiger partial charge in [-0.25, -0.2) is 4.98 Å². The summed E-state index contributed by atoms with van der Waals surface area (Å²) in [6, 6.07) is 6.01. The number of hydrogen-bond acceptors (Lipinski definition) is 2. The lowest BCUT2D eigenvalue weighted by Crippen LogP contribution is -1.69. The minimum atomic E-state index is 0.955. The van der Waals surface area contributed by atoms with E-state index in [0.717, 1.165) is 20.7 Å². The summed E-state index contributed by atoms with van der Waals surface area (Å²) in [5.41, 5.74) is 2.08. The van der Waals surface area contributed by atoms with Crippen LogP contribution in [-0.2, 0) is 0 Å². The number of benzene rings is 1. The van der Waals surface area contributed by atoms with Crippen LogP contribution in [0, 0.1) is 0 Å². The monoisotopic (exact) mass is 242 g/mol. The molecule has 0 amide bonds. The summed E-state index contributed by atoms with van der Waals surface area (Å²) in [6.45, 7) is 0. The highest BCUT2D eigenvalue weighted by molar-refractivity contribution is 9.10. The van der Waals surface area contributed by atoms with Gasteiger partial charge in [-0.3, -0.25) is 0 Å². The Morgan fingerprint density at radius 3 is 3.00 bits per heavy atom. The number of fused-ring (bicyclic) bond motifs is 1. The van der Waals surface area contributed by atoms with Crippen molar-refractivity contribution < 1.29 is 0 Å². The first kappa shape index (κ1) is 8.13. The molecule has 4 heteroatoms. The Morgan fingerprint density at radius 1 is 1.50 bits per heavy atom. The summed E-state index contributed by atoms with van der Waals surface area (Å²) in [5.74, 6) is 0. The first-order valence-electron chi connectivity index (χ1n) is 3.49. The van der Waals surface area contributed by atoms with E-state index >= 15 is 0 Å². The summed E-state index contributed by atoms with van der Waals surface area (Å²) in [4.78, 5) is 7.60. The molecule has 1 heterocycles. The van der Waals surface area contributed by atoms with Gasteiger partial charge in [-0.15, -0.1) is 0 Å². The van der Waals surface area contributed by atoms with Gasteiger partial charge >= 0.3 is 0 Å². The molecule has 0 atom stereocenters. The van der Waals surface area contributed by atoms with Gasteiger partial charge in [0.2, 0.25) is 0 Å². The highest BCUT2D eigenvalue weighted by Gasteiger charge is 2.03. The zero-order chi connectivity index (χ0) is 8.55. The van der Waals surface area contributed by atoms with Crippen molar-refractivity contribution in [3.05, 3.63) is 22.7 Å². The van der Waals surface area contributed by atoms with Gasteiger partial charge in [0.15, 0.2) is 5.16 Å². The molecule has 0 aliphatic rings. The minimum Gasteiger partial charge on any atom is -0.333 e. The van der Waals surface area contributed by atoms with Crippen molar-refractivity contribution in [2.75, 3.05) is 6.26 Å². The lowest BCUT2D eigenvalue weighted by atomic mass is 10.3. The van der Waals surface area contributed by atoms with Crippen LogP contribution in [0.5, 0.6) is 0 Å². The van der Waals surface area contributed by atoms with E-state index in [-0.39, 0.29) is 0 Å². The van der Waals surface area contributed by atoms with Crippen LogP contribution >= 0.6 is 27.7 Å². The van der Waals surface area contributed by atoms with Crippen LogP contribution in [0.2, 0.25) is 0 Å². The Balaban J connectivity index is 2.74. The molecule has 0 spiro atoms. The molecular formula is C8H7BrN2S. The van der Waals surface area contributed by atoms with Crippen LogP contribution in [0.15, 0.2) is 27.8 Å². The van der Waals surface area contributed by atoms with Crippen LogP contribution in [0.3, 0.4) is 0 Å². The number of thioether (sulfide) groups is 1. The van der Waals surface area contributed by atoms with E-state index < -0.39 is 0 Å². The van der Waals surface area contributed by atoms with Crippen LogP contribution in [0.25, 0.3) is 11.0 Å². The standard InChI is InChI=1S/C8H7BrN2S/c1-12-8-10-6-4-2-3-5(9)7(6)11-8/h2-4H,1H3,(H,10,11). The Bertz CT molecular complexity index is 410. The molecular weight excluding hydrogens is 236 g/mol. The van der Waals surface area contributed by atoms with Crippen molar-refractivity contribution in [3.63, 3.8) is 0 Å². The topological polar surface area (TPSA) is 28.7 Å². The number of nitrogens with one attached hydrogen (secondary N) is 1. The molecule has 0 unspecified atom stereocenters. The van der Waals surface area contributed by atoms with Crippen LogP contribution in [0.1, 0.15) is 0 Å². The van der Waals surface area contributed by atoms with Gasteiger partial charge in [0, 0.05) is 4.47 Å². The van der Waals surface area contributed by atoms with Gasteiger partial charge in [-0.2, -0.15) is 0 Å². The highest BCUT2D eigenvalue weighted by atomic mass is 79.9. The van der Waals surface area contributed by atoms with Crippen molar-refractivity contribution in [3.8, 4) is 0 Å². The second-order valence-electron chi connectivity index (χ2n) is 2.38. The smallest absolute Gasteiger partial charge is 0.166 e. The first-order valence-corrected chi connectivity index (χ1v) is 5.51. The third-order valence-corrected chi connectivity index (χ3v) is 2.86. The first-order chi connectivity index (χ1) is 5.81. The fourth-order valence-electron chi connectivity index (χ4n) is 1.07. The maximum atomic E-state index is 4.39. The Kier molecular flexibility index (Phi) is 2.11. The lowest BCUT2D eigenvalue weighted by molar-refractivity contribution is 1.08. The van der Waals surface area contributed by atoms with Gasteiger partial charge in [0.05, 0.1) is 5.52 Å². The number of aromatic nitrogens is 2. The molecule has 0 aliphatic heterocycles. The average Bonchev–Trinajstić information content (AvgIpc) is 2.49. The molecule has 0 saturated carbocycles. The number of halogens is 1. The van der Waals surface area contributed by atoms with Gasteiger partial charge < -0.3 is 4.98 Å². The third-order valence-electron chi connectivity index (χ3n) is 1.64. The summed E-state index contributed by atoms with van der Waals surface area (Å²) in [5, 5.41) is 0.955. The van der Waals surface area contributed by atoms with Crippen molar-refractivity contribution in [2.45, 2.75) is 5.16 Å². The average molecular weight is 243 g/mol. The van der Waals surface area contributed by atoms with E-state index in [1.165, 1.54) is 0 Å². The Labute approximate surface area is 82.9 Å². The summed E-state index contributed by atoms with van der Waals surface area (Å²) in [6.07, 6.45) is 2.01. The molecule has 12 heavy (non-hydrogen) atoms. The lowest BCUT2D eigenvalue weighted by Gasteiger charge is -1.88. The number of para-hydroxylation sites is 1. The van der Waals surface area contributed by atoms with Crippen molar-refractivity contribution in [1.82, 2.24) is 9.97 Å². The van der Waals surface area contributed by atoms with Gasteiger partial charge in [0.25, 0.3) is 0 Å². The van der Waals surface area contributed by atoms with Gasteiger partial charge in [0.1, 0.15) is 5.52 Å². The van der Waals surface area contributed by atoms with Crippen molar-refractivity contribution >= 4 is 38.7 Å². The fraction of sp³-hybridized carbons (Fsp3) is 0.125. The molecule has 1 aromatic carbocycles. The molecule has 0 saturated heterocycles. The van der Waals surface area contributed by atoms with Crippen LogP contribution in [0.4, 0.5) is 0 Å². The largest absolute Gasteiger partial charge is 0.333 e. The van der Waals surface area contributed by atoms with Crippen LogP contribution in [-0.4, -0.2) is 16.2 Å². The number of aromatic amines is 1. The number of nitrogens with zero attached hydrogens (tertiary/aromatic N) is 1. The SMILES string of the molecule is CSc1nc2c(Br)cccc2[nH]1. The van der Waals surface area contributed by atoms with E-state index in [1.54, 1.807) is 11.8 Å². The maximum absolute atomic E-state index is 4.39. The Morgan fingerprint density at radius 2 is 2.33 bits per heavy atom. The minimum absolute atomic E-state index is 0.955. The maximum Gasteiger partial charge on any atom is 0.166 e. The van der Waals surface area contributed by atoms with Crippen LogP contribution < -0.4 is 0 Å². The van der Waals surface area contributed by atoms with Gasteiger partial charge in [-0.1, -0.05) is 17.8 Å². The molecule has 62 valence electrons. The van der Waals surface area contributed by atoms with Gasteiger partial charge in [-0.05, 0) is 34.3 Å². The molecule has 0 aliphatic carbocycles. The zero-order valence-corrected chi connectivity index (χ0v) is 8.87. The summed E-state index contributed by atoms with van der Waals surface area (Å²) < 4.78 is 1.04. The number of hydrogen-bond donors (Lipinski definition) is 1. The normalized spacial score (nSPS) is 10.8. The predicted molar refractivity (Wildman–Crippen MR) is 55.6 cm³/mol. The third kappa shape index (κ3) is 1.25. The van der Waals surface area contributed by atoms with Crippen molar-refractivity contribution in [1.29, 1.82) is 0 Å². The highest BCUT2D eigenvalue weighted by Crippen LogP contribution is 2.23. The van der Waals surface area contributed by atoms with E-state index in [0.29, 0.717) is 0 Å². The number of H-pyrrole nitrogens is 1. The van der Waals surface area contributed by atoms with E-state index in [9.17, 15) is 0 Å². The molecule has 0 radical (unpaired) electrons. The molecule has 2 aromatic rings. The zero-order valence-electron chi connectivity index (χ0n) is 6.47. The second kappa shape index (κ2) is 3.11. The summed E-state index contributed by atoms with van der Waals surface area (Å²) in [7, 11) is 0. The predicted octanol–water partition coefficient (Wildman–Crippen LogP) is 3.05. The molecule has 0 fully saturated rings. The fourth-order valence-corrected chi connectivity index (χ4v) is 1.92. The Hall–Kier alpha value is -0.480. The molecule has 1 N–H and O–H groups in total. The molecule has 2 nitrogen and oxygen atoms in total. The van der Waals surface area contributed by atoms with E-state index in [1.807, 2.05) is 24.5 Å².